The van der Waals surface area contributed by atoms with Gasteiger partial charge in [-0.05, 0) is 81.1 Å². The maximum Gasteiger partial charge on any atom is 0.360 e. The van der Waals surface area contributed by atoms with E-state index in [4.69, 9.17) is 24.4 Å². The van der Waals surface area contributed by atoms with Crippen molar-refractivity contribution in [1.82, 2.24) is 0 Å². The molecule has 0 radical (unpaired) electrons. The van der Waals surface area contributed by atoms with Crippen LogP contribution in [-0.4, -0.2) is 36.9 Å². The fraction of sp³-hybridized carbons (Fsp3) is 0.312. The van der Waals surface area contributed by atoms with Crippen LogP contribution in [-0.2, 0) is 0 Å². The Bertz CT molecular complexity index is 1680. The van der Waals surface area contributed by atoms with Crippen molar-refractivity contribution >= 4 is 22.6 Å². The van der Waals surface area contributed by atoms with E-state index in [1.165, 1.54) is 12.1 Å². The molecule has 0 aliphatic heterocycles. The molecule has 0 saturated heterocycles. The smallest absolute Gasteiger partial charge is 0.360 e. The highest BCUT2D eigenvalue weighted by Gasteiger charge is 2.31. The summed E-state index contributed by atoms with van der Waals surface area (Å²) in [7, 11) is 3.13. The number of phenolic OH excluding ortho intramolecular Hbond substituents is 1. The lowest BCUT2D eigenvalue weighted by Gasteiger charge is -2.35. The van der Waals surface area contributed by atoms with Crippen LogP contribution in [0.3, 0.4) is 0 Å². The van der Waals surface area contributed by atoms with Crippen LogP contribution in [0.1, 0.15) is 48.5 Å². The summed E-state index contributed by atoms with van der Waals surface area (Å²) in [5, 5.41) is 13.9. The second-order valence-corrected chi connectivity index (χ2v) is 10.8. The molecule has 1 aromatic heterocycles. The molecule has 2 atom stereocenters. The lowest BCUT2D eigenvalue weighted by Crippen LogP contribution is -2.44. The Morgan fingerprint density at radius 1 is 1.12 bits per heavy atom. The van der Waals surface area contributed by atoms with Crippen LogP contribution in [0.15, 0.2) is 63.8 Å². The molecular weight excluding hydrogens is 524 g/mol. The SMILES string of the molecule is COc1cccc(-c2cc(C(=O)Nc3cc4cc(O)c(OC5CCCC(C)(N)C5)c(C)c4oc3=O)ccc2OC)c1. The van der Waals surface area contributed by atoms with Crippen molar-refractivity contribution in [3.63, 3.8) is 0 Å². The van der Waals surface area contributed by atoms with Crippen molar-refractivity contribution in [1.29, 1.82) is 0 Å². The molecule has 9 nitrogen and oxygen atoms in total. The normalized spacial score (nSPS) is 18.6. The van der Waals surface area contributed by atoms with E-state index in [9.17, 15) is 14.7 Å². The molecule has 1 aliphatic rings. The first kappa shape index (κ1) is 28.0. The van der Waals surface area contributed by atoms with Gasteiger partial charge in [-0.2, -0.15) is 0 Å². The molecule has 1 fully saturated rings. The third-order valence-corrected chi connectivity index (χ3v) is 7.53. The first-order valence-electron chi connectivity index (χ1n) is 13.5. The van der Waals surface area contributed by atoms with Crippen LogP contribution in [0, 0.1) is 6.92 Å². The number of nitrogens with two attached hydrogens (primary N) is 1. The van der Waals surface area contributed by atoms with E-state index in [0.29, 0.717) is 40.0 Å². The van der Waals surface area contributed by atoms with Gasteiger partial charge in [0.1, 0.15) is 28.9 Å². The molecule has 1 amide bonds. The second-order valence-electron chi connectivity index (χ2n) is 10.8. The molecule has 41 heavy (non-hydrogen) atoms. The number of carbonyl (C=O) groups excluding carboxylic acids is 1. The number of phenols is 1. The number of aromatic hydroxyl groups is 1. The van der Waals surface area contributed by atoms with E-state index in [1.54, 1.807) is 39.3 Å². The van der Waals surface area contributed by atoms with E-state index in [1.807, 2.05) is 31.2 Å². The summed E-state index contributed by atoms with van der Waals surface area (Å²) in [5.74, 6) is 0.920. The minimum Gasteiger partial charge on any atom is -0.504 e. The van der Waals surface area contributed by atoms with Crippen molar-refractivity contribution in [2.75, 3.05) is 19.5 Å². The van der Waals surface area contributed by atoms with Crippen LogP contribution in [0.25, 0.3) is 22.1 Å². The first-order chi connectivity index (χ1) is 19.6. The van der Waals surface area contributed by atoms with E-state index in [2.05, 4.69) is 5.32 Å². The maximum absolute atomic E-state index is 13.2. The number of ether oxygens (including phenoxy) is 3. The summed E-state index contributed by atoms with van der Waals surface area (Å²) in [5.41, 5.74) is 7.78. The fourth-order valence-electron chi connectivity index (χ4n) is 5.42. The maximum atomic E-state index is 13.2. The van der Waals surface area contributed by atoms with E-state index in [-0.39, 0.29) is 34.4 Å². The Balaban J connectivity index is 1.43. The second kappa shape index (κ2) is 11.2. The summed E-state index contributed by atoms with van der Waals surface area (Å²) in [6.07, 6.45) is 3.17. The largest absolute Gasteiger partial charge is 0.504 e. The van der Waals surface area contributed by atoms with Gasteiger partial charge < -0.3 is 34.8 Å². The Kier molecular flexibility index (Phi) is 7.64. The van der Waals surface area contributed by atoms with Gasteiger partial charge in [-0.25, -0.2) is 4.79 Å². The number of amides is 1. The van der Waals surface area contributed by atoms with Crippen molar-refractivity contribution in [3.8, 4) is 34.1 Å². The molecule has 3 aromatic carbocycles. The van der Waals surface area contributed by atoms with E-state index < -0.39 is 11.5 Å². The van der Waals surface area contributed by atoms with Gasteiger partial charge in [0.05, 0.1) is 14.2 Å². The molecule has 4 N–H and O–H groups in total. The average molecular weight is 559 g/mol. The molecule has 9 heteroatoms. The molecule has 0 spiro atoms. The lowest BCUT2D eigenvalue weighted by atomic mass is 9.82. The molecule has 2 unspecified atom stereocenters. The zero-order valence-corrected chi connectivity index (χ0v) is 23.6. The van der Waals surface area contributed by atoms with E-state index in [0.717, 1.165) is 24.8 Å². The third kappa shape index (κ3) is 5.85. The van der Waals surface area contributed by atoms with Gasteiger partial charge in [0.15, 0.2) is 11.5 Å². The number of rotatable bonds is 7. The van der Waals surface area contributed by atoms with Crippen LogP contribution >= 0.6 is 0 Å². The number of methoxy groups -OCH3 is 2. The Labute approximate surface area is 237 Å². The minimum absolute atomic E-state index is 0.0557. The zero-order chi connectivity index (χ0) is 29.3. The topological polar surface area (TPSA) is 133 Å². The number of hydrogen-bond acceptors (Lipinski definition) is 8. The van der Waals surface area contributed by atoms with Crippen LogP contribution in [0.5, 0.6) is 23.0 Å². The molecule has 1 aliphatic carbocycles. The molecule has 214 valence electrons. The predicted octanol–water partition coefficient (Wildman–Crippen LogP) is 5.78. The lowest BCUT2D eigenvalue weighted by molar-refractivity contribution is 0.102. The van der Waals surface area contributed by atoms with Crippen LogP contribution in [0.2, 0.25) is 0 Å². The summed E-state index contributed by atoms with van der Waals surface area (Å²) >= 11 is 0. The van der Waals surface area contributed by atoms with Crippen molar-refractivity contribution in [2.24, 2.45) is 5.73 Å². The fourth-order valence-corrected chi connectivity index (χ4v) is 5.42. The first-order valence-corrected chi connectivity index (χ1v) is 13.5. The number of carbonyl (C=O) groups is 1. The van der Waals surface area contributed by atoms with Gasteiger partial charge in [0, 0.05) is 34.0 Å². The Morgan fingerprint density at radius 3 is 2.66 bits per heavy atom. The number of benzene rings is 3. The van der Waals surface area contributed by atoms with Gasteiger partial charge in [-0.3, -0.25) is 4.79 Å². The number of anilines is 1. The molecule has 1 heterocycles. The average Bonchev–Trinajstić information content (AvgIpc) is 2.95. The van der Waals surface area contributed by atoms with Gasteiger partial charge in [-0.15, -0.1) is 0 Å². The summed E-state index contributed by atoms with van der Waals surface area (Å²) < 4.78 is 22.6. The number of fused-ring (bicyclic) bond motifs is 1. The predicted molar refractivity (Wildman–Crippen MR) is 157 cm³/mol. The van der Waals surface area contributed by atoms with Gasteiger partial charge in [-0.1, -0.05) is 12.1 Å². The van der Waals surface area contributed by atoms with Crippen LogP contribution < -0.4 is 30.9 Å². The molecule has 5 rings (SSSR count). The zero-order valence-electron chi connectivity index (χ0n) is 23.6. The number of nitrogens with one attached hydrogen (secondary N) is 1. The number of hydrogen-bond donors (Lipinski definition) is 3. The minimum atomic E-state index is -0.723. The molecule has 4 aromatic rings. The van der Waals surface area contributed by atoms with E-state index >= 15 is 0 Å². The van der Waals surface area contributed by atoms with Gasteiger partial charge >= 0.3 is 5.63 Å². The summed E-state index contributed by atoms with van der Waals surface area (Å²) in [4.78, 5) is 26.2. The quantitative estimate of drug-likeness (QED) is 0.243. The monoisotopic (exact) mass is 558 g/mol. The van der Waals surface area contributed by atoms with Crippen LogP contribution in [0.4, 0.5) is 5.69 Å². The highest BCUT2D eigenvalue weighted by molar-refractivity contribution is 6.06. The Hall–Kier alpha value is -4.50. The van der Waals surface area contributed by atoms with Crippen molar-refractivity contribution in [3.05, 3.63) is 76.1 Å². The highest BCUT2D eigenvalue weighted by Crippen LogP contribution is 2.39. The van der Waals surface area contributed by atoms with Gasteiger partial charge in [0.2, 0.25) is 0 Å². The standard InChI is InChI=1S/C32H34N2O7/c1-18-28-21(16-26(35)29(18)40-23-9-6-12-32(2,33)17-23)15-25(31(37)41-28)34-30(36)20-10-11-27(39-4)24(14-20)19-7-5-8-22(13-19)38-3/h5,7-8,10-11,13-16,23,35H,6,9,12,17,33H2,1-4H3,(H,34,36). The molecule has 1 saturated carbocycles. The third-order valence-electron chi connectivity index (χ3n) is 7.53. The molecule has 0 bridgehead atoms. The van der Waals surface area contributed by atoms with Crippen molar-refractivity contribution < 1.29 is 28.5 Å². The van der Waals surface area contributed by atoms with Gasteiger partial charge in [0.25, 0.3) is 5.91 Å². The summed E-state index contributed by atoms with van der Waals surface area (Å²) in [6.45, 7) is 3.72. The number of aryl methyl sites for hydroxylation is 1. The molecular formula is C32H34N2O7. The van der Waals surface area contributed by atoms with Crippen molar-refractivity contribution in [2.45, 2.75) is 51.2 Å². The highest BCUT2D eigenvalue weighted by atomic mass is 16.5. The Morgan fingerprint density at radius 2 is 1.93 bits per heavy atom. The summed E-state index contributed by atoms with van der Waals surface area (Å²) in [6, 6.07) is 15.3.